The number of rotatable bonds is 7. The smallest absolute Gasteiger partial charge is 0.310 e. The number of ether oxygens (including phenoxy) is 2. The molecule has 0 fully saturated rings. The van der Waals surface area contributed by atoms with Crippen LogP contribution < -0.4 is 5.73 Å². The summed E-state index contributed by atoms with van der Waals surface area (Å²) in [5.74, 6) is -0.230. The van der Waals surface area contributed by atoms with E-state index in [-0.39, 0.29) is 12.4 Å². The molecule has 0 amide bonds. The number of anilines is 1. The van der Waals surface area contributed by atoms with Crippen LogP contribution in [0.15, 0.2) is 24.3 Å². The van der Waals surface area contributed by atoms with Gasteiger partial charge in [0.15, 0.2) is 0 Å². The summed E-state index contributed by atoms with van der Waals surface area (Å²) in [6, 6.07) is 7.25. The van der Waals surface area contributed by atoms with Gasteiger partial charge in [-0.05, 0) is 24.6 Å². The summed E-state index contributed by atoms with van der Waals surface area (Å²) in [5, 5.41) is 0. The number of nitrogen functional groups attached to an aromatic ring is 1. The van der Waals surface area contributed by atoms with Crippen molar-refractivity contribution in [1.82, 2.24) is 0 Å². The van der Waals surface area contributed by atoms with Crippen LogP contribution in [0.5, 0.6) is 0 Å². The summed E-state index contributed by atoms with van der Waals surface area (Å²) in [5.41, 5.74) is 7.15. The molecule has 1 aromatic rings. The molecule has 17 heavy (non-hydrogen) atoms. The minimum absolute atomic E-state index is 0.230. The number of benzene rings is 1. The SMILES string of the molecule is CCOCCCOC(=O)Cc1cccc(N)c1. The Morgan fingerprint density at radius 2 is 2.18 bits per heavy atom. The Morgan fingerprint density at radius 3 is 2.88 bits per heavy atom. The van der Waals surface area contributed by atoms with Gasteiger partial charge in [-0.1, -0.05) is 12.1 Å². The Bertz CT molecular complexity index is 352. The Hall–Kier alpha value is -1.55. The maximum atomic E-state index is 11.5. The Labute approximate surface area is 102 Å². The van der Waals surface area contributed by atoms with E-state index in [4.69, 9.17) is 15.2 Å². The van der Waals surface area contributed by atoms with Crippen molar-refractivity contribution in [1.29, 1.82) is 0 Å². The van der Waals surface area contributed by atoms with Crippen LogP contribution in [0.3, 0.4) is 0 Å². The van der Waals surface area contributed by atoms with E-state index in [1.54, 1.807) is 12.1 Å². The van der Waals surface area contributed by atoms with Crippen molar-refractivity contribution in [3.8, 4) is 0 Å². The van der Waals surface area contributed by atoms with Crippen molar-refractivity contribution in [2.45, 2.75) is 19.8 Å². The maximum Gasteiger partial charge on any atom is 0.310 e. The first kappa shape index (κ1) is 13.5. The molecular weight excluding hydrogens is 218 g/mol. The lowest BCUT2D eigenvalue weighted by Crippen LogP contribution is -2.10. The zero-order valence-corrected chi connectivity index (χ0v) is 10.1. The first-order chi connectivity index (χ1) is 8.22. The van der Waals surface area contributed by atoms with E-state index in [0.717, 1.165) is 12.0 Å². The van der Waals surface area contributed by atoms with Crippen LogP contribution in [0.1, 0.15) is 18.9 Å². The number of hydrogen-bond acceptors (Lipinski definition) is 4. The summed E-state index contributed by atoms with van der Waals surface area (Å²) < 4.78 is 10.2. The van der Waals surface area contributed by atoms with Gasteiger partial charge in [0, 0.05) is 25.3 Å². The van der Waals surface area contributed by atoms with Gasteiger partial charge in [-0.2, -0.15) is 0 Å². The van der Waals surface area contributed by atoms with E-state index in [2.05, 4.69) is 0 Å². The molecular formula is C13H19NO3. The van der Waals surface area contributed by atoms with Crippen molar-refractivity contribution in [3.05, 3.63) is 29.8 Å². The van der Waals surface area contributed by atoms with E-state index < -0.39 is 0 Å². The summed E-state index contributed by atoms with van der Waals surface area (Å²) in [6.45, 7) is 3.66. The summed E-state index contributed by atoms with van der Waals surface area (Å²) in [6.07, 6.45) is 0.996. The van der Waals surface area contributed by atoms with Gasteiger partial charge in [-0.15, -0.1) is 0 Å². The molecule has 0 saturated carbocycles. The fourth-order valence-electron chi connectivity index (χ4n) is 1.41. The summed E-state index contributed by atoms with van der Waals surface area (Å²) in [4.78, 5) is 11.5. The van der Waals surface area contributed by atoms with Gasteiger partial charge in [0.2, 0.25) is 0 Å². The second-order valence-corrected chi connectivity index (χ2v) is 3.69. The average Bonchev–Trinajstić information content (AvgIpc) is 2.29. The van der Waals surface area contributed by atoms with Crippen molar-refractivity contribution >= 4 is 11.7 Å². The molecule has 4 heteroatoms. The summed E-state index contributed by atoms with van der Waals surface area (Å²) >= 11 is 0. The highest BCUT2D eigenvalue weighted by atomic mass is 16.5. The predicted octanol–water partition coefficient (Wildman–Crippen LogP) is 1.78. The van der Waals surface area contributed by atoms with Gasteiger partial charge >= 0.3 is 5.97 Å². The van der Waals surface area contributed by atoms with Gasteiger partial charge in [-0.3, -0.25) is 4.79 Å². The quantitative estimate of drug-likeness (QED) is 0.446. The Balaban J connectivity index is 2.21. The van der Waals surface area contributed by atoms with E-state index >= 15 is 0 Å². The molecule has 0 atom stereocenters. The Kier molecular flexibility index (Phi) is 6.10. The third-order valence-corrected chi connectivity index (χ3v) is 2.20. The standard InChI is InChI=1S/C13H19NO3/c1-2-16-7-4-8-17-13(15)10-11-5-3-6-12(14)9-11/h3,5-6,9H,2,4,7-8,10,14H2,1H3. The van der Waals surface area contributed by atoms with Crippen LogP contribution in [0.25, 0.3) is 0 Å². The van der Waals surface area contributed by atoms with Crippen LogP contribution in [-0.2, 0) is 20.7 Å². The molecule has 4 nitrogen and oxygen atoms in total. The highest BCUT2D eigenvalue weighted by molar-refractivity contribution is 5.72. The molecule has 0 aliphatic heterocycles. The van der Waals surface area contributed by atoms with Crippen LogP contribution in [0.2, 0.25) is 0 Å². The van der Waals surface area contributed by atoms with Gasteiger partial charge in [0.1, 0.15) is 0 Å². The van der Waals surface area contributed by atoms with Crippen molar-refractivity contribution in [2.75, 3.05) is 25.6 Å². The van der Waals surface area contributed by atoms with Crippen molar-refractivity contribution in [3.63, 3.8) is 0 Å². The first-order valence-corrected chi connectivity index (χ1v) is 5.80. The van der Waals surface area contributed by atoms with Crippen LogP contribution in [-0.4, -0.2) is 25.8 Å². The molecule has 0 bridgehead atoms. The lowest BCUT2D eigenvalue weighted by atomic mass is 10.1. The van der Waals surface area contributed by atoms with E-state index in [0.29, 0.717) is 25.5 Å². The topological polar surface area (TPSA) is 61.5 Å². The predicted molar refractivity (Wildman–Crippen MR) is 66.6 cm³/mol. The average molecular weight is 237 g/mol. The zero-order chi connectivity index (χ0) is 12.5. The van der Waals surface area contributed by atoms with Crippen LogP contribution >= 0.6 is 0 Å². The lowest BCUT2D eigenvalue weighted by Gasteiger charge is -2.05. The molecule has 0 saturated heterocycles. The molecule has 1 aromatic carbocycles. The summed E-state index contributed by atoms with van der Waals surface area (Å²) in [7, 11) is 0. The van der Waals surface area contributed by atoms with Crippen LogP contribution in [0, 0.1) is 0 Å². The highest BCUT2D eigenvalue weighted by Crippen LogP contribution is 2.07. The number of esters is 1. The normalized spacial score (nSPS) is 10.2. The first-order valence-electron chi connectivity index (χ1n) is 5.80. The number of nitrogens with two attached hydrogens (primary N) is 1. The molecule has 2 N–H and O–H groups in total. The molecule has 94 valence electrons. The van der Waals surface area contributed by atoms with Crippen LogP contribution in [0.4, 0.5) is 5.69 Å². The molecule has 0 spiro atoms. The van der Waals surface area contributed by atoms with Gasteiger partial charge in [0.25, 0.3) is 0 Å². The fourth-order valence-corrected chi connectivity index (χ4v) is 1.41. The molecule has 0 aliphatic rings. The monoisotopic (exact) mass is 237 g/mol. The highest BCUT2D eigenvalue weighted by Gasteiger charge is 2.04. The second-order valence-electron chi connectivity index (χ2n) is 3.69. The third kappa shape index (κ3) is 5.92. The second kappa shape index (κ2) is 7.68. The van der Waals surface area contributed by atoms with Crippen molar-refractivity contribution < 1.29 is 14.3 Å². The van der Waals surface area contributed by atoms with Gasteiger partial charge in [-0.25, -0.2) is 0 Å². The molecule has 0 unspecified atom stereocenters. The molecule has 0 heterocycles. The number of carbonyl (C=O) groups is 1. The van der Waals surface area contributed by atoms with Gasteiger partial charge in [0.05, 0.1) is 13.0 Å². The van der Waals surface area contributed by atoms with Crippen molar-refractivity contribution in [2.24, 2.45) is 0 Å². The van der Waals surface area contributed by atoms with E-state index in [1.807, 2.05) is 19.1 Å². The minimum atomic E-state index is -0.230. The zero-order valence-electron chi connectivity index (χ0n) is 10.1. The molecule has 0 aliphatic carbocycles. The van der Waals surface area contributed by atoms with E-state index in [1.165, 1.54) is 0 Å². The lowest BCUT2D eigenvalue weighted by molar-refractivity contribution is -0.143. The number of hydrogen-bond donors (Lipinski definition) is 1. The Morgan fingerprint density at radius 1 is 1.35 bits per heavy atom. The largest absolute Gasteiger partial charge is 0.465 e. The minimum Gasteiger partial charge on any atom is -0.465 e. The number of carbonyl (C=O) groups excluding carboxylic acids is 1. The maximum absolute atomic E-state index is 11.5. The molecule has 0 radical (unpaired) electrons. The third-order valence-electron chi connectivity index (χ3n) is 2.20. The molecule has 1 rings (SSSR count). The molecule has 0 aromatic heterocycles. The fraction of sp³-hybridized carbons (Fsp3) is 0.462. The van der Waals surface area contributed by atoms with Gasteiger partial charge < -0.3 is 15.2 Å². The van der Waals surface area contributed by atoms with E-state index in [9.17, 15) is 4.79 Å².